The molecular weight excluding hydrogens is 421 g/mol. The van der Waals surface area contributed by atoms with Crippen LogP contribution in [0.25, 0.3) is 0 Å². The van der Waals surface area contributed by atoms with Crippen LogP contribution in [0.15, 0.2) is 36.9 Å². The molecule has 0 radical (unpaired) electrons. The van der Waals surface area contributed by atoms with Crippen molar-refractivity contribution in [1.82, 2.24) is 19.7 Å². The largest absolute Gasteiger partial charge is 0.494 e. The Labute approximate surface area is 193 Å². The van der Waals surface area contributed by atoms with Gasteiger partial charge in [-0.2, -0.15) is 5.10 Å². The van der Waals surface area contributed by atoms with Gasteiger partial charge in [0.2, 0.25) is 5.95 Å². The van der Waals surface area contributed by atoms with Gasteiger partial charge in [0.05, 0.1) is 19.0 Å². The Morgan fingerprint density at radius 3 is 2.61 bits per heavy atom. The minimum Gasteiger partial charge on any atom is -0.494 e. The van der Waals surface area contributed by atoms with E-state index in [1.807, 2.05) is 10.9 Å². The van der Waals surface area contributed by atoms with E-state index in [2.05, 4.69) is 27.3 Å². The molecular formula is C25H30FN5O2. The summed E-state index contributed by atoms with van der Waals surface area (Å²) >= 11 is 0. The zero-order valence-corrected chi connectivity index (χ0v) is 19.4. The number of nitrogens with one attached hydrogen (secondary N) is 1. The quantitative estimate of drug-likeness (QED) is 0.430. The minimum atomic E-state index is -0.433. The maximum Gasteiger partial charge on any atom is 0.227 e. The van der Waals surface area contributed by atoms with Gasteiger partial charge in [-0.15, -0.1) is 0 Å². The van der Waals surface area contributed by atoms with E-state index in [-0.39, 0.29) is 11.5 Å². The molecule has 0 bridgehead atoms. The van der Waals surface area contributed by atoms with E-state index >= 15 is 0 Å². The summed E-state index contributed by atoms with van der Waals surface area (Å²) in [6.45, 7) is 5.00. The third-order valence-corrected chi connectivity index (χ3v) is 6.36. The smallest absolute Gasteiger partial charge is 0.227 e. The van der Waals surface area contributed by atoms with Crippen LogP contribution in [-0.4, -0.2) is 32.6 Å². The molecule has 7 nitrogen and oxygen atoms in total. The number of benzene rings is 1. The van der Waals surface area contributed by atoms with Gasteiger partial charge in [-0.1, -0.05) is 20.3 Å². The van der Waals surface area contributed by atoms with Gasteiger partial charge in [0.1, 0.15) is 0 Å². The highest BCUT2D eigenvalue weighted by molar-refractivity contribution is 5.96. The van der Waals surface area contributed by atoms with Crippen LogP contribution >= 0.6 is 0 Å². The molecule has 1 aliphatic rings. The van der Waals surface area contributed by atoms with E-state index in [1.54, 1.807) is 31.6 Å². The summed E-state index contributed by atoms with van der Waals surface area (Å²) in [7, 11) is 1.40. The predicted octanol–water partition coefficient (Wildman–Crippen LogP) is 5.13. The van der Waals surface area contributed by atoms with Gasteiger partial charge < -0.3 is 10.1 Å². The van der Waals surface area contributed by atoms with Crippen molar-refractivity contribution in [2.75, 3.05) is 12.4 Å². The van der Waals surface area contributed by atoms with E-state index < -0.39 is 5.82 Å². The number of nitrogens with zero attached hydrogens (tertiary/aromatic N) is 4. The van der Waals surface area contributed by atoms with Gasteiger partial charge >= 0.3 is 0 Å². The number of ketones is 1. The van der Waals surface area contributed by atoms with Crippen LogP contribution in [0.4, 0.5) is 16.0 Å². The fraction of sp³-hybridized carbons (Fsp3) is 0.440. The number of anilines is 2. The molecule has 0 aliphatic heterocycles. The van der Waals surface area contributed by atoms with Crippen LogP contribution in [-0.2, 0) is 19.4 Å². The number of carbonyl (C=O) groups is 1. The second-order valence-corrected chi connectivity index (χ2v) is 9.06. The summed E-state index contributed by atoms with van der Waals surface area (Å²) in [6.07, 6.45) is 12.3. The van der Waals surface area contributed by atoms with E-state index in [4.69, 9.17) is 4.74 Å². The number of aromatic nitrogens is 4. The van der Waals surface area contributed by atoms with E-state index in [0.29, 0.717) is 41.8 Å². The highest BCUT2D eigenvalue weighted by Gasteiger charge is 2.32. The molecule has 0 atom stereocenters. The van der Waals surface area contributed by atoms with Gasteiger partial charge in [0.25, 0.3) is 0 Å². The standard InChI is InChI=1S/C25H30FN5O2/c1-4-21(32)19-10-18(23(26)22(11-19)33-3)7-6-17-12-27-24(28-13-17)30-20-14-29-31(15-20)16-25(2)8-5-9-25/h10-15H,4-9,16H2,1-3H3,(H,27,28,30). The average molecular weight is 452 g/mol. The maximum atomic E-state index is 14.7. The average Bonchev–Trinajstić information content (AvgIpc) is 3.24. The molecule has 3 aromatic rings. The lowest BCUT2D eigenvalue weighted by Gasteiger charge is -2.38. The Hall–Kier alpha value is -3.29. The van der Waals surface area contributed by atoms with Crippen molar-refractivity contribution in [3.63, 3.8) is 0 Å². The lowest BCUT2D eigenvalue weighted by atomic mass is 9.70. The fourth-order valence-electron chi connectivity index (χ4n) is 4.15. The topological polar surface area (TPSA) is 81.9 Å². The van der Waals surface area contributed by atoms with Crippen molar-refractivity contribution in [1.29, 1.82) is 0 Å². The van der Waals surface area contributed by atoms with Crippen LogP contribution in [0.1, 0.15) is 61.0 Å². The molecule has 0 amide bonds. The molecule has 1 N–H and O–H groups in total. The molecule has 0 unspecified atom stereocenters. The minimum absolute atomic E-state index is 0.0431. The molecule has 1 fully saturated rings. The summed E-state index contributed by atoms with van der Waals surface area (Å²) in [6, 6.07) is 3.07. The lowest BCUT2D eigenvalue weighted by Crippen LogP contribution is -2.30. The van der Waals surface area contributed by atoms with Gasteiger partial charge in [-0.05, 0) is 54.4 Å². The van der Waals surface area contributed by atoms with E-state index in [1.165, 1.54) is 32.4 Å². The normalized spacial score (nSPS) is 14.5. The van der Waals surface area contributed by atoms with Crippen LogP contribution in [0.3, 0.4) is 0 Å². The van der Waals surface area contributed by atoms with Crippen molar-refractivity contribution in [3.8, 4) is 5.75 Å². The summed E-state index contributed by atoms with van der Waals surface area (Å²) in [5.41, 5.74) is 2.99. The molecule has 4 rings (SSSR count). The highest BCUT2D eigenvalue weighted by Crippen LogP contribution is 2.41. The van der Waals surface area contributed by atoms with Crippen molar-refractivity contribution in [2.24, 2.45) is 5.41 Å². The van der Waals surface area contributed by atoms with Crippen LogP contribution in [0, 0.1) is 11.2 Å². The number of ether oxygens (including phenoxy) is 1. The van der Waals surface area contributed by atoms with E-state index in [9.17, 15) is 9.18 Å². The Bertz CT molecular complexity index is 1120. The number of hydrogen-bond acceptors (Lipinski definition) is 6. The van der Waals surface area contributed by atoms with Gasteiger partial charge in [-0.25, -0.2) is 14.4 Å². The predicted molar refractivity (Wildman–Crippen MR) is 124 cm³/mol. The fourth-order valence-corrected chi connectivity index (χ4v) is 4.15. The number of methoxy groups -OCH3 is 1. The Morgan fingerprint density at radius 1 is 1.21 bits per heavy atom. The molecule has 8 heteroatoms. The Morgan fingerprint density at radius 2 is 1.97 bits per heavy atom. The molecule has 0 spiro atoms. The van der Waals surface area contributed by atoms with Crippen LogP contribution < -0.4 is 10.1 Å². The number of Topliss-reactive ketones (excluding diaryl/α,β-unsaturated/α-hetero) is 1. The Kier molecular flexibility index (Phi) is 6.72. The zero-order valence-electron chi connectivity index (χ0n) is 19.4. The van der Waals surface area contributed by atoms with Crippen molar-refractivity contribution < 1.29 is 13.9 Å². The number of rotatable bonds is 10. The molecule has 2 aromatic heterocycles. The number of halogens is 1. The number of aryl methyl sites for hydroxylation is 2. The first-order valence-electron chi connectivity index (χ1n) is 11.4. The lowest BCUT2D eigenvalue weighted by molar-refractivity contribution is 0.0987. The van der Waals surface area contributed by atoms with E-state index in [0.717, 1.165) is 17.8 Å². The monoisotopic (exact) mass is 451 g/mol. The number of carbonyl (C=O) groups excluding carboxylic acids is 1. The highest BCUT2D eigenvalue weighted by atomic mass is 19.1. The summed E-state index contributed by atoms with van der Waals surface area (Å²) < 4.78 is 21.8. The first-order valence-corrected chi connectivity index (χ1v) is 11.4. The molecule has 1 aliphatic carbocycles. The first kappa shape index (κ1) is 22.9. The first-order chi connectivity index (χ1) is 15.9. The van der Waals surface area contributed by atoms with Gasteiger partial charge in [-0.3, -0.25) is 9.48 Å². The third kappa shape index (κ3) is 5.38. The van der Waals surface area contributed by atoms with Crippen LogP contribution in [0.5, 0.6) is 5.75 Å². The number of hydrogen-bond donors (Lipinski definition) is 1. The molecule has 1 aromatic carbocycles. The molecule has 1 saturated carbocycles. The third-order valence-electron chi connectivity index (χ3n) is 6.36. The summed E-state index contributed by atoms with van der Waals surface area (Å²) in [4.78, 5) is 20.8. The van der Waals surface area contributed by atoms with Crippen molar-refractivity contribution >= 4 is 17.4 Å². The van der Waals surface area contributed by atoms with Crippen LogP contribution in [0.2, 0.25) is 0 Å². The summed E-state index contributed by atoms with van der Waals surface area (Å²) in [5, 5.41) is 7.61. The molecule has 2 heterocycles. The molecule has 0 saturated heterocycles. The van der Waals surface area contributed by atoms with Gasteiger partial charge in [0, 0.05) is 37.1 Å². The molecule has 33 heavy (non-hydrogen) atoms. The van der Waals surface area contributed by atoms with Crippen molar-refractivity contribution in [2.45, 2.75) is 58.9 Å². The van der Waals surface area contributed by atoms with Crippen molar-refractivity contribution in [3.05, 3.63) is 59.4 Å². The van der Waals surface area contributed by atoms with Gasteiger partial charge in [0.15, 0.2) is 17.3 Å². The maximum absolute atomic E-state index is 14.7. The SMILES string of the molecule is CCC(=O)c1cc(CCc2cnc(Nc3cnn(CC4(C)CCC4)c3)nc2)c(F)c(OC)c1. The summed E-state index contributed by atoms with van der Waals surface area (Å²) in [5.74, 6) is 0.0963. The second kappa shape index (κ2) is 9.68. The zero-order chi connectivity index (χ0) is 23.4. The Balaban J connectivity index is 1.37. The molecule has 174 valence electrons. The second-order valence-electron chi connectivity index (χ2n) is 9.06.